The maximum absolute atomic E-state index is 13.1. The predicted octanol–water partition coefficient (Wildman–Crippen LogP) is 2.61. The van der Waals surface area contributed by atoms with Crippen molar-refractivity contribution >= 4 is 12.0 Å². The van der Waals surface area contributed by atoms with Crippen LogP contribution in [-0.4, -0.2) is 80.9 Å². The highest BCUT2D eigenvalue weighted by Crippen LogP contribution is 2.29. The van der Waals surface area contributed by atoms with Gasteiger partial charge in [0.2, 0.25) is 0 Å². The van der Waals surface area contributed by atoms with Crippen molar-refractivity contribution in [2.24, 2.45) is 5.92 Å². The fourth-order valence-electron chi connectivity index (χ4n) is 5.73. The number of likely N-dealkylation sites (tertiary alicyclic amines) is 2. The molecule has 188 valence electrons. The van der Waals surface area contributed by atoms with E-state index in [-0.39, 0.29) is 24.9 Å². The van der Waals surface area contributed by atoms with Gasteiger partial charge >= 0.3 is 12.0 Å². The van der Waals surface area contributed by atoms with E-state index < -0.39 is 17.6 Å². The number of pyridine rings is 1. The van der Waals surface area contributed by atoms with Gasteiger partial charge in [-0.2, -0.15) is 0 Å². The van der Waals surface area contributed by atoms with Gasteiger partial charge in [-0.05, 0) is 75.3 Å². The van der Waals surface area contributed by atoms with E-state index in [4.69, 9.17) is 4.98 Å². The van der Waals surface area contributed by atoms with E-state index in [1.807, 2.05) is 18.7 Å². The number of hydrogen-bond donors (Lipinski definition) is 3. The summed E-state index contributed by atoms with van der Waals surface area (Å²) in [6.07, 6.45) is 8.21. The van der Waals surface area contributed by atoms with E-state index in [9.17, 15) is 19.8 Å². The molecule has 0 bridgehead atoms. The molecule has 34 heavy (non-hydrogen) atoms. The number of carboxylic acids is 1. The molecule has 3 aliphatic rings. The van der Waals surface area contributed by atoms with Gasteiger partial charge in [0.15, 0.2) is 0 Å². The molecule has 8 heteroatoms. The second-order valence-electron chi connectivity index (χ2n) is 10.7. The standard InChI is InChI=1S/C26H40N4O4/c1-18(2)27-23(24(31)32)26(34)11-15-30(16-12-26)25(33)29-13-9-19(10-14-29)17-21-8-7-20-5-3-4-6-22(20)28-21/h7-8,18-19,23,27,34H,3-6,9-17H2,1-2H3,(H,31,32). The molecule has 8 nitrogen and oxygen atoms in total. The van der Waals surface area contributed by atoms with Crippen molar-refractivity contribution in [3.8, 4) is 0 Å². The lowest BCUT2D eigenvalue weighted by molar-refractivity contribution is -0.150. The second kappa shape index (κ2) is 10.6. The number of amides is 2. The molecule has 1 aromatic rings. The number of piperidine rings is 2. The van der Waals surface area contributed by atoms with Crippen LogP contribution in [-0.2, 0) is 24.1 Å². The Balaban J connectivity index is 1.26. The van der Waals surface area contributed by atoms with Crippen LogP contribution in [0.4, 0.5) is 4.79 Å². The largest absolute Gasteiger partial charge is 0.480 e. The maximum Gasteiger partial charge on any atom is 0.323 e. The van der Waals surface area contributed by atoms with E-state index >= 15 is 0 Å². The number of carbonyl (C=O) groups excluding carboxylic acids is 1. The maximum atomic E-state index is 13.1. The lowest BCUT2D eigenvalue weighted by Gasteiger charge is -2.44. The fraction of sp³-hybridized carbons (Fsp3) is 0.731. The number of aliphatic carboxylic acids is 1. The Morgan fingerprint density at radius 3 is 2.38 bits per heavy atom. The van der Waals surface area contributed by atoms with Crippen LogP contribution in [0, 0.1) is 5.92 Å². The number of nitrogens with one attached hydrogen (secondary N) is 1. The smallest absolute Gasteiger partial charge is 0.323 e. The molecule has 4 rings (SSSR count). The van der Waals surface area contributed by atoms with Crippen molar-refractivity contribution in [3.63, 3.8) is 0 Å². The van der Waals surface area contributed by atoms with Gasteiger partial charge in [0.05, 0.1) is 5.60 Å². The zero-order valence-electron chi connectivity index (χ0n) is 20.6. The van der Waals surface area contributed by atoms with Crippen LogP contribution in [0.3, 0.4) is 0 Å². The minimum Gasteiger partial charge on any atom is -0.480 e. The monoisotopic (exact) mass is 472 g/mol. The van der Waals surface area contributed by atoms with Gasteiger partial charge in [-0.3, -0.25) is 15.1 Å². The molecule has 1 aliphatic carbocycles. The molecule has 2 fully saturated rings. The first-order chi connectivity index (χ1) is 16.2. The Bertz CT molecular complexity index is 874. The van der Waals surface area contributed by atoms with Crippen LogP contribution in [0.15, 0.2) is 12.1 Å². The molecule has 0 aromatic carbocycles. The summed E-state index contributed by atoms with van der Waals surface area (Å²) in [6, 6.07) is 3.38. The van der Waals surface area contributed by atoms with Gasteiger partial charge in [0, 0.05) is 43.6 Å². The SMILES string of the molecule is CC(C)NC(C(=O)O)C1(O)CCN(C(=O)N2CCC(Cc3ccc4c(n3)CCCC4)CC2)CC1. The molecule has 2 saturated heterocycles. The Kier molecular flexibility index (Phi) is 7.77. The average molecular weight is 473 g/mol. The molecule has 2 amide bonds. The summed E-state index contributed by atoms with van der Waals surface area (Å²) in [5, 5.41) is 23.6. The molecular formula is C26H40N4O4. The minimum atomic E-state index is -1.35. The average Bonchev–Trinajstić information content (AvgIpc) is 2.83. The van der Waals surface area contributed by atoms with Gasteiger partial charge in [-0.15, -0.1) is 0 Å². The van der Waals surface area contributed by atoms with E-state index in [0.29, 0.717) is 19.0 Å². The summed E-state index contributed by atoms with van der Waals surface area (Å²) in [6.45, 7) is 5.95. The first-order valence-electron chi connectivity index (χ1n) is 13.0. The third-order valence-corrected chi connectivity index (χ3v) is 7.80. The lowest BCUT2D eigenvalue weighted by atomic mass is 9.83. The normalized spacial score (nSPS) is 21.9. The molecule has 1 atom stereocenters. The van der Waals surface area contributed by atoms with Gasteiger partial charge in [0.25, 0.3) is 0 Å². The molecule has 3 N–H and O–H groups in total. The van der Waals surface area contributed by atoms with Crippen LogP contribution in [0.1, 0.15) is 69.3 Å². The van der Waals surface area contributed by atoms with Gasteiger partial charge in [0.1, 0.15) is 6.04 Å². The van der Waals surface area contributed by atoms with Crippen LogP contribution in [0.25, 0.3) is 0 Å². The molecule has 3 heterocycles. The summed E-state index contributed by atoms with van der Waals surface area (Å²) in [5.41, 5.74) is 2.54. The van der Waals surface area contributed by atoms with E-state index in [0.717, 1.165) is 45.2 Å². The van der Waals surface area contributed by atoms with E-state index in [1.54, 1.807) is 4.90 Å². The number of nitrogens with zero attached hydrogens (tertiary/aromatic N) is 3. The number of aromatic nitrogens is 1. The van der Waals surface area contributed by atoms with Crippen LogP contribution in [0.2, 0.25) is 0 Å². The number of rotatable bonds is 6. The number of fused-ring (bicyclic) bond motifs is 1. The van der Waals surface area contributed by atoms with Gasteiger partial charge < -0.3 is 20.0 Å². The van der Waals surface area contributed by atoms with Crippen LogP contribution in [0.5, 0.6) is 0 Å². The van der Waals surface area contributed by atoms with E-state index in [2.05, 4.69) is 17.4 Å². The zero-order valence-corrected chi connectivity index (χ0v) is 20.6. The highest BCUT2D eigenvalue weighted by atomic mass is 16.4. The van der Waals surface area contributed by atoms with Gasteiger partial charge in [-0.1, -0.05) is 19.9 Å². The van der Waals surface area contributed by atoms with Crippen LogP contribution >= 0.6 is 0 Å². The van der Waals surface area contributed by atoms with E-state index in [1.165, 1.54) is 29.8 Å². The number of aliphatic hydroxyl groups is 1. The lowest BCUT2D eigenvalue weighted by Crippen LogP contribution is -2.62. The van der Waals surface area contributed by atoms with Gasteiger partial charge in [-0.25, -0.2) is 4.79 Å². The molecule has 0 saturated carbocycles. The Hall–Kier alpha value is -2.19. The number of hydrogen-bond acceptors (Lipinski definition) is 5. The Morgan fingerprint density at radius 2 is 1.74 bits per heavy atom. The minimum absolute atomic E-state index is 0.0103. The second-order valence-corrected chi connectivity index (χ2v) is 10.7. The summed E-state index contributed by atoms with van der Waals surface area (Å²) < 4.78 is 0. The number of urea groups is 1. The Morgan fingerprint density at radius 1 is 1.09 bits per heavy atom. The Labute approximate surface area is 202 Å². The number of aryl methyl sites for hydroxylation is 2. The highest BCUT2D eigenvalue weighted by Gasteiger charge is 2.45. The first-order valence-corrected chi connectivity index (χ1v) is 13.0. The third kappa shape index (κ3) is 5.71. The summed E-state index contributed by atoms with van der Waals surface area (Å²) in [7, 11) is 0. The topological polar surface area (TPSA) is 106 Å². The summed E-state index contributed by atoms with van der Waals surface area (Å²) in [5.74, 6) is -0.505. The van der Waals surface area contributed by atoms with Crippen LogP contribution < -0.4 is 5.32 Å². The van der Waals surface area contributed by atoms with Crippen molar-refractivity contribution in [2.75, 3.05) is 26.2 Å². The molecule has 1 unspecified atom stereocenters. The molecule has 0 radical (unpaired) electrons. The van der Waals surface area contributed by atoms with Crippen molar-refractivity contribution in [1.29, 1.82) is 0 Å². The summed E-state index contributed by atoms with van der Waals surface area (Å²) in [4.78, 5) is 33.4. The summed E-state index contributed by atoms with van der Waals surface area (Å²) >= 11 is 0. The first kappa shape index (κ1) is 24.9. The zero-order chi connectivity index (χ0) is 24.3. The third-order valence-electron chi connectivity index (χ3n) is 7.80. The van der Waals surface area contributed by atoms with Crippen molar-refractivity contribution in [3.05, 3.63) is 29.1 Å². The number of carbonyl (C=O) groups is 2. The molecule has 1 aromatic heterocycles. The number of carboxylic acid groups (broad SMARTS) is 1. The quantitative estimate of drug-likeness (QED) is 0.588. The highest BCUT2D eigenvalue weighted by molar-refractivity contribution is 5.76. The predicted molar refractivity (Wildman–Crippen MR) is 130 cm³/mol. The molecule has 0 spiro atoms. The molecule has 2 aliphatic heterocycles. The van der Waals surface area contributed by atoms with Crippen molar-refractivity contribution < 1.29 is 19.8 Å². The fourth-order valence-corrected chi connectivity index (χ4v) is 5.73. The van der Waals surface area contributed by atoms with Crippen molar-refractivity contribution in [1.82, 2.24) is 20.1 Å². The van der Waals surface area contributed by atoms with Crippen molar-refractivity contribution in [2.45, 2.75) is 89.3 Å². The molecular weight excluding hydrogens is 432 g/mol.